The predicted molar refractivity (Wildman–Crippen MR) is 80.8 cm³/mol. The van der Waals surface area contributed by atoms with Crippen molar-refractivity contribution in [3.63, 3.8) is 0 Å². The first kappa shape index (κ1) is 14.3. The maximum Gasteiger partial charge on any atom is 0.230 e. The van der Waals surface area contributed by atoms with E-state index in [1.54, 1.807) is 4.68 Å². The van der Waals surface area contributed by atoms with Crippen molar-refractivity contribution in [3.8, 4) is 0 Å². The van der Waals surface area contributed by atoms with Crippen molar-refractivity contribution >= 4 is 11.6 Å². The third-order valence-corrected chi connectivity index (χ3v) is 3.44. The molecule has 1 N–H and O–H groups in total. The Hall–Kier alpha value is -2.10. The number of nitrogens with zero attached hydrogens (tertiary/aromatic N) is 2. The van der Waals surface area contributed by atoms with Crippen LogP contribution in [0.4, 0.5) is 5.69 Å². The van der Waals surface area contributed by atoms with E-state index < -0.39 is 0 Å². The molecule has 0 aliphatic heterocycles. The zero-order valence-electron chi connectivity index (χ0n) is 12.5. The van der Waals surface area contributed by atoms with E-state index in [-0.39, 0.29) is 5.91 Å². The second-order valence-corrected chi connectivity index (χ2v) is 5.09. The van der Waals surface area contributed by atoms with Gasteiger partial charge in [-0.3, -0.25) is 9.48 Å². The van der Waals surface area contributed by atoms with Gasteiger partial charge in [-0.1, -0.05) is 25.1 Å². The Morgan fingerprint density at radius 1 is 1.35 bits per heavy atom. The third-order valence-electron chi connectivity index (χ3n) is 3.44. The summed E-state index contributed by atoms with van der Waals surface area (Å²) in [5, 5.41) is 7.29. The van der Waals surface area contributed by atoms with Crippen LogP contribution in [0.2, 0.25) is 0 Å². The van der Waals surface area contributed by atoms with Crippen molar-refractivity contribution in [2.75, 3.05) is 5.32 Å². The van der Waals surface area contributed by atoms with Gasteiger partial charge >= 0.3 is 0 Å². The number of hydrogen-bond acceptors (Lipinski definition) is 2. The minimum absolute atomic E-state index is 0.00278. The number of para-hydroxylation sites is 1. The first-order chi connectivity index (χ1) is 9.51. The summed E-state index contributed by atoms with van der Waals surface area (Å²) in [6, 6.07) is 8.03. The summed E-state index contributed by atoms with van der Waals surface area (Å²) in [5.41, 5.74) is 5.06. The number of benzene rings is 1. The molecule has 1 heterocycles. The highest BCUT2D eigenvalue weighted by Gasteiger charge is 2.11. The first-order valence-electron chi connectivity index (χ1n) is 6.89. The molecular formula is C16H21N3O. The SMILES string of the molecule is CCc1cccc(C)c1NC(=O)Cc1cc(C)nn1C. The Balaban J connectivity index is 2.14. The van der Waals surface area contributed by atoms with Crippen molar-refractivity contribution in [1.29, 1.82) is 0 Å². The van der Waals surface area contributed by atoms with Gasteiger partial charge in [0.2, 0.25) is 5.91 Å². The zero-order valence-corrected chi connectivity index (χ0v) is 12.5. The highest BCUT2D eigenvalue weighted by atomic mass is 16.1. The van der Waals surface area contributed by atoms with E-state index in [4.69, 9.17) is 0 Å². The van der Waals surface area contributed by atoms with E-state index in [0.717, 1.165) is 29.1 Å². The molecule has 0 atom stereocenters. The Labute approximate surface area is 119 Å². The molecule has 1 aromatic heterocycles. The largest absolute Gasteiger partial charge is 0.325 e. The number of aryl methyl sites for hydroxylation is 4. The lowest BCUT2D eigenvalue weighted by atomic mass is 10.1. The molecule has 1 aromatic carbocycles. The molecule has 0 aliphatic rings. The molecule has 0 saturated carbocycles. The van der Waals surface area contributed by atoms with E-state index in [2.05, 4.69) is 23.4 Å². The number of anilines is 1. The summed E-state index contributed by atoms with van der Waals surface area (Å²) in [5.74, 6) is -0.00278. The molecule has 4 heteroatoms. The van der Waals surface area contributed by atoms with Crippen molar-refractivity contribution in [3.05, 3.63) is 46.8 Å². The first-order valence-corrected chi connectivity index (χ1v) is 6.89. The molecule has 106 valence electrons. The maximum absolute atomic E-state index is 12.2. The van der Waals surface area contributed by atoms with Gasteiger partial charge in [0.15, 0.2) is 0 Å². The number of nitrogens with one attached hydrogen (secondary N) is 1. The Morgan fingerprint density at radius 3 is 2.70 bits per heavy atom. The Bertz CT molecular complexity index is 629. The van der Waals surface area contributed by atoms with Gasteiger partial charge < -0.3 is 5.32 Å². The van der Waals surface area contributed by atoms with Crippen LogP contribution in [-0.4, -0.2) is 15.7 Å². The van der Waals surface area contributed by atoms with E-state index >= 15 is 0 Å². The molecule has 2 aromatic rings. The van der Waals surface area contributed by atoms with E-state index in [0.29, 0.717) is 6.42 Å². The summed E-state index contributed by atoms with van der Waals surface area (Å²) in [4.78, 5) is 12.2. The van der Waals surface area contributed by atoms with Gasteiger partial charge in [-0.05, 0) is 37.5 Å². The van der Waals surface area contributed by atoms with Crippen LogP contribution in [0.25, 0.3) is 0 Å². The van der Waals surface area contributed by atoms with Crippen LogP contribution in [0, 0.1) is 13.8 Å². The molecule has 20 heavy (non-hydrogen) atoms. The summed E-state index contributed by atoms with van der Waals surface area (Å²) in [6.07, 6.45) is 1.25. The molecule has 0 saturated heterocycles. The molecule has 1 amide bonds. The summed E-state index contributed by atoms with van der Waals surface area (Å²) < 4.78 is 1.76. The van der Waals surface area contributed by atoms with Crippen molar-refractivity contribution in [2.45, 2.75) is 33.6 Å². The van der Waals surface area contributed by atoms with Crippen molar-refractivity contribution in [2.24, 2.45) is 7.05 Å². The fourth-order valence-corrected chi connectivity index (χ4v) is 2.38. The lowest BCUT2D eigenvalue weighted by molar-refractivity contribution is -0.115. The number of amides is 1. The van der Waals surface area contributed by atoms with Gasteiger partial charge in [0, 0.05) is 18.4 Å². The van der Waals surface area contributed by atoms with Gasteiger partial charge in [-0.2, -0.15) is 5.10 Å². The summed E-state index contributed by atoms with van der Waals surface area (Å²) in [6.45, 7) is 6.04. The van der Waals surface area contributed by atoms with Crippen LogP contribution >= 0.6 is 0 Å². The number of aromatic nitrogens is 2. The number of carbonyl (C=O) groups is 1. The highest BCUT2D eigenvalue weighted by molar-refractivity contribution is 5.93. The van der Waals surface area contributed by atoms with E-state index in [9.17, 15) is 4.79 Å². The highest BCUT2D eigenvalue weighted by Crippen LogP contribution is 2.21. The fourth-order valence-electron chi connectivity index (χ4n) is 2.38. The number of hydrogen-bond donors (Lipinski definition) is 1. The van der Waals surface area contributed by atoms with Crippen LogP contribution in [-0.2, 0) is 24.7 Å². The molecule has 0 radical (unpaired) electrons. The molecule has 0 unspecified atom stereocenters. The van der Waals surface area contributed by atoms with Gasteiger partial charge in [0.25, 0.3) is 0 Å². The van der Waals surface area contributed by atoms with Crippen LogP contribution in [0.1, 0.15) is 29.4 Å². The zero-order chi connectivity index (χ0) is 14.7. The monoisotopic (exact) mass is 271 g/mol. The molecule has 0 aliphatic carbocycles. The standard InChI is InChI=1S/C16H21N3O/c1-5-13-8-6-7-11(2)16(13)17-15(20)10-14-9-12(3)18-19(14)4/h6-9H,5,10H2,1-4H3,(H,17,20). The lowest BCUT2D eigenvalue weighted by Crippen LogP contribution is -2.18. The predicted octanol–water partition coefficient (Wildman–Crippen LogP) is 2.78. The van der Waals surface area contributed by atoms with Gasteiger partial charge in [-0.25, -0.2) is 0 Å². The third kappa shape index (κ3) is 3.07. The van der Waals surface area contributed by atoms with Gasteiger partial charge in [-0.15, -0.1) is 0 Å². The second kappa shape index (κ2) is 5.90. The van der Waals surface area contributed by atoms with Crippen molar-refractivity contribution < 1.29 is 4.79 Å². The molecule has 4 nitrogen and oxygen atoms in total. The van der Waals surface area contributed by atoms with Crippen LogP contribution < -0.4 is 5.32 Å². The minimum Gasteiger partial charge on any atom is -0.325 e. The fraction of sp³-hybridized carbons (Fsp3) is 0.375. The molecule has 0 bridgehead atoms. The van der Waals surface area contributed by atoms with Crippen molar-refractivity contribution in [1.82, 2.24) is 9.78 Å². The smallest absolute Gasteiger partial charge is 0.230 e. The van der Waals surface area contributed by atoms with Crippen LogP contribution in [0.5, 0.6) is 0 Å². The molecule has 0 spiro atoms. The minimum atomic E-state index is -0.00278. The quantitative estimate of drug-likeness (QED) is 0.929. The average Bonchev–Trinajstić information content (AvgIpc) is 2.70. The summed E-state index contributed by atoms with van der Waals surface area (Å²) in [7, 11) is 1.86. The molecular weight excluding hydrogens is 250 g/mol. The van der Waals surface area contributed by atoms with Gasteiger partial charge in [0.1, 0.15) is 0 Å². The maximum atomic E-state index is 12.2. The average molecular weight is 271 g/mol. The molecule has 0 fully saturated rings. The van der Waals surface area contributed by atoms with E-state index in [1.165, 1.54) is 5.56 Å². The summed E-state index contributed by atoms with van der Waals surface area (Å²) >= 11 is 0. The Morgan fingerprint density at radius 2 is 2.10 bits per heavy atom. The van der Waals surface area contributed by atoms with Crippen LogP contribution in [0.3, 0.4) is 0 Å². The number of carbonyl (C=O) groups excluding carboxylic acids is 1. The normalized spacial score (nSPS) is 10.6. The number of rotatable bonds is 4. The molecule has 2 rings (SSSR count). The van der Waals surface area contributed by atoms with Crippen LogP contribution in [0.15, 0.2) is 24.3 Å². The topological polar surface area (TPSA) is 46.9 Å². The second-order valence-electron chi connectivity index (χ2n) is 5.09. The lowest BCUT2D eigenvalue weighted by Gasteiger charge is -2.13. The Kier molecular flexibility index (Phi) is 4.23. The van der Waals surface area contributed by atoms with Gasteiger partial charge in [0.05, 0.1) is 12.1 Å². The van der Waals surface area contributed by atoms with E-state index in [1.807, 2.05) is 39.1 Å².